The van der Waals surface area contributed by atoms with Crippen LogP contribution in [0.5, 0.6) is 28.7 Å². The van der Waals surface area contributed by atoms with Crippen molar-refractivity contribution in [3.8, 4) is 28.7 Å². The standard InChI is InChI=1S/C50H55N3O7/c1-4-43(36-12-6-5-7-13-36)53-30-39-29-47-46(58-31-48(60-47)37-16-20-40(21-17-37)57-25-23-34-10-8-9-11-34)28-38(39)27-44(53)49(54)52-42(50(55)56)26-35-14-18-41(19-15-35)59-45-22-24-51-33(3)32(45)2/h5-7,12-22,24,28-29,34,42-44,48H,4,8-11,23,25-27,30-31H2,1-3H3,(H,52,54)(H,55,56)/t42?,43-,44-,48+/m0/s1. The molecule has 312 valence electrons. The van der Waals surface area contributed by atoms with E-state index in [-0.39, 0.29) is 24.5 Å². The smallest absolute Gasteiger partial charge is 0.326 e. The molecule has 1 amide bonds. The number of hydrogen-bond acceptors (Lipinski definition) is 8. The van der Waals surface area contributed by atoms with Crippen LogP contribution in [0.4, 0.5) is 0 Å². The highest BCUT2D eigenvalue weighted by Crippen LogP contribution is 2.43. The summed E-state index contributed by atoms with van der Waals surface area (Å²) in [6.45, 7) is 7.58. The lowest BCUT2D eigenvalue weighted by molar-refractivity contribution is -0.143. The number of amides is 1. The lowest BCUT2D eigenvalue weighted by Gasteiger charge is -2.42. The van der Waals surface area contributed by atoms with E-state index in [9.17, 15) is 14.7 Å². The Labute approximate surface area is 352 Å². The maximum absolute atomic E-state index is 14.4. The third-order valence-corrected chi connectivity index (χ3v) is 12.5. The Morgan fingerprint density at radius 1 is 0.917 bits per heavy atom. The number of ether oxygens (including phenoxy) is 4. The lowest BCUT2D eigenvalue weighted by Crippen LogP contribution is -2.55. The maximum Gasteiger partial charge on any atom is 0.326 e. The number of hydrogen-bond donors (Lipinski definition) is 2. The number of carboxylic acids is 1. The molecule has 60 heavy (non-hydrogen) atoms. The van der Waals surface area contributed by atoms with Crippen LogP contribution < -0.4 is 24.3 Å². The Bertz CT molecular complexity index is 2260. The number of carbonyl (C=O) groups excluding carboxylic acids is 1. The molecule has 0 bridgehead atoms. The molecule has 1 aliphatic carbocycles. The molecule has 0 radical (unpaired) electrons. The van der Waals surface area contributed by atoms with Crippen molar-refractivity contribution in [2.45, 2.75) is 103 Å². The van der Waals surface area contributed by atoms with Gasteiger partial charge in [0.15, 0.2) is 17.6 Å². The Kier molecular flexibility index (Phi) is 12.7. The molecule has 2 aliphatic heterocycles. The second-order valence-electron chi connectivity index (χ2n) is 16.4. The fraction of sp³-hybridized carbons (Fsp3) is 0.380. The Balaban J connectivity index is 0.973. The minimum absolute atomic E-state index is 0.0846. The monoisotopic (exact) mass is 809 g/mol. The zero-order chi connectivity index (χ0) is 41.6. The minimum Gasteiger partial charge on any atom is -0.494 e. The van der Waals surface area contributed by atoms with E-state index in [0.717, 1.165) is 70.2 Å². The molecule has 0 spiro atoms. The van der Waals surface area contributed by atoms with Crippen molar-refractivity contribution < 1.29 is 33.6 Å². The van der Waals surface area contributed by atoms with Crippen LogP contribution >= 0.6 is 0 Å². The van der Waals surface area contributed by atoms with Crippen molar-refractivity contribution in [2.24, 2.45) is 5.92 Å². The van der Waals surface area contributed by atoms with Crippen LogP contribution in [0.1, 0.15) is 96.7 Å². The molecular formula is C50H55N3O7. The fourth-order valence-electron chi connectivity index (χ4n) is 8.92. The van der Waals surface area contributed by atoms with E-state index in [0.29, 0.717) is 42.6 Å². The molecule has 2 N–H and O–H groups in total. The summed E-state index contributed by atoms with van der Waals surface area (Å²) in [6, 6.07) is 29.7. The van der Waals surface area contributed by atoms with Crippen molar-refractivity contribution in [1.29, 1.82) is 0 Å². The van der Waals surface area contributed by atoms with E-state index in [1.54, 1.807) is 6.20 Å². The van der Waals surface area contributed by atoms with Gasteiger partial charge in [0, 0.05) is 36.5 Å². The number of carboxylic acid groups (broad SMARTS) is 1. The molecule has 0 saturated heterocycles. The van der Waals surface area contributed by atoms with Gasteiger partial charge in [-0.05, 0) is 109 Å². The van der Waals surface area contributed by atoms with Gasteiger partial charge in [-0.3, -0.25) is 14.7 Å². The number of nitrogens with one attached hydrogen (secondary N) is 1. The van der Waals surface area contributed by atoms with Crippen molar-refractivity contribution in [3.63, 3.8) is 0 Å². The summed E-state index contributed by atoms with van der Waals surface area (Å²) in [6.07, 6.45) is 9.13. The average Bonchev–Trinajstić information content (AvgIpc) is 3.79. The van der Waals surface area contributed by atoms with Crippen molar-refractivity contribution >= 4 is 11.9 Å². The third-order valence-electron chi connectivity index (χ3n) is 12.5. The molecule has 3 aliphatic rings. The van der Waals surface area contributed by atoms with Gasteiger partial charge < -0.3 is 29.4 Å². The number of aliphatic carboxylic acids is 1. The summed E-state index contributed by atoms with van der Waals surface area (Å²) >= 11 is 0. The first-order valence-corrected chi connectivity index (χ1v) is 21.4. The largest absolute Gasteiger partial charge is 0.494 e. The summed E-state index contributed by atoms with van der Waals surface area (Å²) in [5.41, 5.74) is 6.75. The van der Waals surface area contributed by atoms with Gasteiger partial charge in [-0.15, -0.1) is 0 Å². The van der Waals surface area contributed by atoms with Gasteiger partial charge in [0.1, 0.15) is 29.9 Å². The summed E-state index contributed by atoms with van der Waals surface area (Å²) in [5, 5.41) is 13.3. The maximum atomic E-state index is 14.4. The molecule has 1 saturated carbocycles. The van der Waals surface area contributed by atoms with Crippen molar-refractivity contribution in [2.75, 3.05) is 13.2 Å². The summed E-state index contributed by atoms with van der Waals surface area (Å²) in [5.74, 6) is 2.89. The molecule has 4 aromatic carbocycles. The quantitative estimate of drug-likeness (QED) is 0.107. The zero-order valence-corrected chi connectivity index (χ0v) is 34.8. The number of benzene rings is 4. The number of pyridine rings is 1. The number of aryl methyl sites for hydroxylation is 1. The first-order chi connectivity index (χ1) is 29.2. The number of rotatable bonds is 15. The van der Waals surface area contributed by atoms with Gasteiger partial charge in [0.2, 0.25) is 5.91 Å². The molecule has 1 fully saturated rings. The molecule has 10 nitrogen and oxygen atoms in total. The normalized spacial score (nSPS) is 18.6. The van der Waals surface area contributed by atoms with Crippen LogP contribution in [0.2, 0.25) is 0 Å². The van der Waals surface area contributed by atoms with E-state index in [1.807, 2.05) is 80.6 Å². The molecule has 5 aromatic rings. The van der Waals surface area contributed by atoms with E-state index in [1.165, 1.54) is 25.7 Å². The zero-order valence-electron chi connectivity index (χ0n) is 34.8. The highest BCUT2D eigenvalue weighted by atomic mass is 16.6. The van der Waals surface area contributed by atoms with Crippen molar-refractivity contribution in [1.82, 2.24) is 15.2 Å². The first-order valence-electron chi connectivity index (χ1n) is 21.4. The second kappa shape index (κ2) is 18.6. The van der Waals surface area contributed by atoms with Crippen LogP contribution in [0.25, 0.3) is 0 Å². The topological polar surface area (TPSA) is 119 Å². The van der Waals surface area contributed by atoms with Crippen molar-refractivity contribution in [3.05, 3.63) is 142 Å². The van der Waals surface area contributed by atoms with Gasteiger partial charge in [-0.25, -0.2) is 4.79 Å². The second-order valence-corrected chi connectivity index (χ2v) is 16.4. The third kappa shape index (κ3) is 9.44. The molecular weight excluding hydrogens is 755 g/mol. The van der Waals surface area contributed by atoms with Crippen LogP contribution in [0, 0.1) is 19.8 Å². The average molecular weight is 810 g/mol. The predicted octanol–water partition coefficient (Wildman–Crippen LogP) is 9.65. The molecule has 3 heterocycles. The first kappa shape index (κ1) is 40.9. The Morgan fingerprint density at radius 3 is 2.38 bits per heavy atom. The van der Waals surface area contributed by atoms with Gasteiger partial charge in [-0.1, -0.05) is 87.2 Å². The Morgan fingerprint density at radius 2 is 1.65 bits per heavy atom. The van der Waals surface area contributed by atoms with Crippen LogP contribution in [-0.2, 0) is 29.0 Å². The summed E-state index contributed by atoms with van der Waals surface area (Å²) < 4.78 is 25.1. The summed E-state index contributed by atoms with van der Waals surface area (Å²) in [4.78, 5) is 33.6. The highest BCUT2D eigenvalue weighted by Gasteiger charge is 2.39. The number of aromatic nitrogens is 1. The molecule has 1 aromatic heterocycles. The van der Waals surface area contributed by atoms with Gasteiger partial charge in [0.05, 0.1) is 12.6 Å². The molecule has 10 heteroatoms. The SMILES string of the molecule is CC[C@@H](c1ccccc1)N1Cc2cc3c(cc2C[C@H]1C(=O)NC(Cc1ccc(Oc2ccnc(C)c2C)cc1)C(=O)O)OC[C@H](c1ccc(OCCC2CCCC2)cc1)O3. The van der Waals surface area contributed by atoms with Gasteiger partial charge in [-0.2, -0.15) is 0 Å². The lowest BCUT2D eigenvalue weighted by atomic mass is 9.89. The Hall–Kier alpha value is -5.87. The fourth-order valence-corrected chi connectivity index (χ4v) is 8.92. The van der Waals surface area contributed by atoms with E-state index >= 15 is 0 Å². The molecule has 8 rings (SSSR count). The van der Waals surface area contributed by atoms with Crippen LogP contribution in [-0.4, -0.2) is 52.2 Å². The number of nitrogens with zero attached hydrogens (tertiary/aromatic N) is 2. The van der Waals surface area contributed by atoms with Crippen LogP contribution in [0.15, 0.2) is 103 Å². The van der Waals surface area contributed by atoms with Gasteiger partial charge >= 0.3 is 5.97 Å². The van der Waals surface area contributed by atoms with Crippen LogP contribution in [0.3, 0.4) is 0 Å². The van der Waals surface area contributed by atoms with Gasteiger partial charge in [0.25, 0.3) is 0 Å². The minimum atomic E-state index is -1.14. The van der Waals surface area contributed by atoms with E-state index in [4.69, 9.17) is 18.9 Å². The highest BCUT2D eigenvalue weighted by molar-refractivity contribution is 5.87. The molecule has 1 unspecified atom stereocenters. The predicted molar refractivity (Wildman–Crippen MR) is 230 cm³/mol. The number of carbonyl (C=O) groups is 2. The molecule has 4 atom stereocenters. The van der Waals surface area contributed by atoms with E-state index < -0.39 is 18.1 Å². The summed E-state index contributed by atoms with van der Waals surface area (Å²) in [7, 11) is 0. The van der Waals surface area contributed by atoms with E-state index in [2.05, 4.69) is 52.5 Å². The number of fused-ring (bicyclic) bond motifs is 2.